The normalized spacial score (nSPS) is 22.3. The minimum absolute atomic E-state index is 0.0419. The zero-order valence-electron chi connectivity index (χ0n) is 12.3. The lowest BCUT2D eigenvalue weighted by atomic mass is 9.92. The average molecular weight is 329 g/mol. The predicted octanol–water partition coefficient (Wildman–Crippen LogP) is 3.75. The molecular weight excluding hydrogens is 314 g/mol. The van der Waals surface area contributed by atoms with Gasteiger partial charge in [0, 0.05) is 11.6 Å². The maximum atomic E-state index is 13.2. The van der Waals surface area contributed by atoms with Gasteiger partial charge in [-0.15, -0.1) is 0 Å². The monoisotopic (exact) mass is 329 g/mol. The molecule has 2 atom stereocenters. The minimum Gasteiger partial charge on any atom is -0.339 e. The first-order valence-corrected chi connectivity index (χ1v) is 7.30. The average Bonchev–Trinajstić information content (AvgIpc) is 2.96. The van der Waals surface area contributed by atoms with Crippen LogP contribution in [0.3, 0.4) is 0 Å². The molecule has 0 saturated carbocycles. The quantitative estimate of drug-likeness (QED) is 0.853. The van der Waals surface area contributed by atoms with Gasteiger partial charge in [0.15, 0.2) is 0 Å². The summed E-state index contributed by atoms with van der Waals surface area (Å²) in [5.41, 5.74) is -1.40. The van der Waals surface area contributed by atoms with Crippen molar-refractivity contribution in [2.75, 3.05) is 6.54 Å². The Morgan fingerprint density at radius 1 is 1.30 bits per heavy atom. The van der Waals surface area contributed by atoms with Gasteiger partial charge >= 0.3 is 6.18 Å². The fourth-order valence-corrected chi connectivity index (χ4v) is 2.82. The van der Waals surface area contributed by atoms with E-state index in [1.165, 1.54) is 0 Å². The van der Waals surface area contributed by atoms with Gasteiger partial charge in [0.1, 0.15) is 5.82 Å². The predicted molar refractivity (Wildman–Crippen MR) is 74.1 cm³/mol. The van der Waals surface area contributed by atoms with Gasteiger partial charge in [-0.05, 0) is 44.5 Å². The lowest BCUT2D eigenvalue weighted by Gasteiger charge is -2.26. The molecule has 1 aromatic carbocycles. The SMILES string of the molecule is C[C@H]1NCCC[C@H]1c1nc(-c2ccc(F)cc2C(F)(F)F)no1. The number of rotatable bonds is 2. The molecule has 2 heterocycles. The molecule has 1 fully saturated rings. The number of piperidine rings is 1. The maximum absolute atomic E-state index is 13.2. The number of nitrogens with one attached hydrogen (secondary N) is 1. The third kappa shape index (κ3) is 3.21. The highest BCUT2D eigenvalue weighted by Crippen LogP contribution is 2.37. The molecule has 1 aromatic heterocycles. The first-order chi connectivity index (χ1) is 10.9. The molecule has 1 aliphatic heterocycles. The van der Waals surface area contributed by atoms with Gasteiger partial charge in [0.2, 0.25) is 11.7 Å². The van der Waals surface area contributed by atoms with Gasteiger partial charge in [-0.1, -0.05) is 5.16 Å². The topological polar surface area (TPSA) is 51.0 Å². The number of hydrogen-bond donors (Lipinski definition) is 1. The lowest BCUT2D eigenvalue weighted by molar-refractivity contribution is -0.137. The fraction of sp³-hybridized carbons (Fsp3) is 0.467. The van der Waals surface area contributed by atoms with Crippen LogP contribution in [0.2, 0.25) is 0 Å². The lowest BCUT2D eigenvalue weighted by Crippen LogP contribution is -2.37. The van der Waals surface area contributed by atoms with E-state index in [-0.39, 0.29) is 23.3 Å². The first-order valence-electron chi connectivity index (χ1n) is 7.30. The van der Waals surface area contributed by atoms with Crippen molar-refractivity contribution >= 4 is 0 Å². The summed E-state index contributed by atoms with van der Waals surface area (Å²) in [7, 11) is 0. The van der Waals surface area contributed by atoms with Gasteiger partial charge in [-0.2, -0.15) is 18.2 Å². The summed E-state index contributed by atoms with van der Waals surface area (Å²) in [4.78, 5) is 4.12. The maximum Gasteiger partial charge on any atom is 0.417 e. The van der Waals surface area contributed by atoms with E-state index in [0.717, 1.165) is 31.5 Å². The number of benzene rings is 1. The zero-order chi connectivity index (χ0) is 16.6. The van der Waals surface area contributed by atoms with Gasteiger partial charge in [-0.25, -0.2) is 4.39 Å². The van der Waals surface area contributed by atoms with E-state index >= 15 is 0 Å². The fourth-order valence-electron chi connectivity index (χ4n) is 2.82. The molecule has 0 unspecified atom stereocenters. The van der Waals surface area contributed by atoms with Crippen LogP contribution in [-0.2, 0) is 6.18 Å². The van der Waals surface area contributed by atoms with Crippen molar-refractivity contribution in [3.05, 3.63) is 35.5 Å². The van der Waals surface area contributed by atoms with Crippen LogP contribution < -0.4 is 5.32 Å². The summed E-state index contributed by atoms with van der Waals surface area (Å²) >= 11 is 0. The molecule has 3 rings (SSSR count). The Morgan fingerprint density at radius 3 is 2.78 bits per heavy atom. The molecule has 0 aliphatic carbocycles. The minimum atomic E-state index is -4.70. The Balaban J connectivity index is 1.98. The second-order valence-electron chi connectivity index (χ2n) is 5.64. The molecular formula is C15H15F4N3O. The van der Waals surface area contributed by atoms with Crippen LogP contribution in [0, 0.1) is 5.82 Å². The third-order valence-electron chi connectivity index (χ3n) is 4.05. The van der Waals surface area contributed by atoms with Gasteiger partial charge in [-0.3, -0.25) is 0 Å². The van der Waals surface area contributed by atoms with Crippen molar-refractivity contribution in [1.82, 2.24) is 15.5 Å². The standard InChI is InChI=1S/C15H15F4N3O/c1-8-10(3-2-6-20-8)14-21-13(22-23-14)11-5-4-9(16)7-12(11)15(17,18)19/h4-5,7-8,10,20H,2-3,6H2,1H3/t8-,10-/m1/s1. The Kier molecular flexibility index (Phi) is 4.09. The van der Waals surface area contributed by atoms with Crippen LogP contribution >= 0.6 is 0 Å². The zero-order valence-corrected chi connectivity index (χ0v) is 12.3. The highest BCUT2D eigenvalue weighted by atomic mass is 19.4. The van der Waals surface area contributed by atoms with Crippen LogP contribution in [0.25, 0.3) is 11.4 Å². The van der Waals surface area contributed by atoms with Crippen molar-refractivity contribution in [3.63, 3.8) is 0 Å². The molecule has 1 N–H and O–H groups in total. The van der Waals surface area contributed by atoms with E-state index in [1.54, 1.807) is 0 Å². The molecule has 4 nitrogen and oxygen atoms in total. The van der Waals surface area contributed by atoms with Crippen molar-refractivity contribution in [3.8, 4) is 11.4 Å². The number of nitrogens with zero attached hydrogens (tertiary/aromatic N) is 2. The Labute approximate surface area is 129 Å². The van der Waals surface area contributed by atoms with E-state index in [0.29, 0.717) is 12.0 Å². The number of halogens is 4. The van der Waals surface area contributed by atoms with Crippen LogP contribution in [0.1, 0.15) is 37.1 Å². The van der Waals surface area contributed by atoms with Crippen LogP contribution in [-0.4, -0.2) is 22.7 Å². The van der Waals surface area contributed by atoms with Crippen LogP contribution in [0.15, 0.2) is 22.7 Å². The molecule has 8 heteroatoms. The third-order valence-corrected chi connectivity index (χ3v) is 4.05. The Hall–Kier alpha value is -1.96. The largest absolute Gasteiger partial charge is 0.417 e. The molecule has 0 bridgehead atoms. The number of aromatic nitrogens is 2. The summed E-state index contributed by atoms with van der Waals surface area (Å²) in [6.45, 7) is 2.85. The molecule has 124 valence electrons. The van der Waals surface area contributed by atoms with E-state index < -0.39 is 17.6 Å². The molecule has 1 aliphatic rings. The van der Waals surface area contributed by atoms with Gasteiger partial charge < -0.3 is 9.84 Å². The van der Waals surface area contributed by atoms with E-state index in [1.807, 2.05) is 6.92 Å². The number of alkyl halides is 3. The van der Waals surface area contributed by atoms with Crippen LogP contribution in [0.4, 0.5) is 17.6 Å². The second-order valence-corrected chi connectivity index (χ2v) is 5.64. The highest BCUT2D eigenvalue weighted by molar-refractivity contribution is 5.60. The summed E-state index contributed by atoms with van der Waals surface area (Å²) in [5.74, 6) is -0.878. The van der Waals surface area contributed by atoms with E-state index in [9.17, 15) is 17.6 Å². The van der Waals surface area contributed by atoms with Crippen molar-refractivity contribution in [2.45, 2.75) is 37.9 Å². The smallest absolute Gasteiger partial charge is 0.339 e. The van der Waals surface area contributed by atoms with E-state index in [4.69, 9.17) is 4.52 Å². The summed E-state index contributed by atoms with van der Waals surface area (Å²) < 4.78 is 57.6. The molecule has 0 radical (unpaired) electrons. The van der Waals surface area contributed by atoms with Crippen molar-refractivity contribution < 1.29 is 22.1 Å². The van der Waals surface area contributed by atoms with Crippen molar-refractivity contribution in [2.24, 2.45) is 0 Å². The first kappa shape index (κ1) is 15.9. The summed E-state index contributed by atoms with van der Waals surface area (Å²) in [6, 6.07) is 2.52. The Morgan fingerprint density at radius 2 is 2.09 bits per heavy atom. The number of hydrogen-bond acceptors (Lipinski definition) is 4. The molecule has 0 amide bonds. The highest BCUT2D eigenvalue weighted by Gasteiger charge is 2.36. The van der Waals surface area contributed by atoms with E-state index in [2.05, 4.69) is 15.5 Å². The second kappa shape index (κ2) is 5.92. The molecule has 23 heavy (non-hydrogen) atoms. The summed E-state index contributed by atoms with van der Waals surface area (Å²) in [5, 5.41) is 6.93. The van der Waals surface area contributed by atoms with Crippen LogP contribution in [0.5, 0.6) is 0 Å². The molecule has 2 aromatic rings. The van der Waals surface area contributed by atoms with Gasteiger partial charge in [0.25, 0.3) is 0 Å². The summed E-state index contributed by atoms with van der Waals surface area (Å²) in [6.07, 6.45) is -2.94. The molecule has 1 saturated heterocycles. The molecule has 0 spiro atoms. The Bertz CT molecular complexity index is 698. The van der Waals surface area contributed by atoms with Gasteiger partial charge in [0.05, 0.1) is 11.5 Å². The van der Waals surface area contributed by atoms with Crippen molar-refractivity contribution in [1.29, 1.82) is 0 Å².